The molecule has 122 valence electrons. The van der Waals surface area contributed by atoms with E-state index in [-0.39, 0.29) is 5.91 Å². The Bertz CT molecular complexity index is 665. The first kappa shape index (κ1) is 15.8. The van der Waals surface area contributed by atoms with Crippen molar-refractivity contribution in [2.45, 2.75) is 19.3 Å². The highest BCUT2D eigenvalue weighted by atomic mass is 32.1. The monoisotopic (exact) mass is 331 g/mol. The lowest BCUT2D eigenvalue weighted by atomic mass is 10.2. The fraction of sp³-hybridized carbons (Fsp3) is 0.412. The number of amides is 1. The van der Waals surface area contributed by atoms with Crippen LogP contribution in [0, 0.1) is 0 Å². The van der Waals surface area contributed by atoms with E-state index in [0.717, 1.165) is 30.3 Å². The van der Waals surface area contributed by atoms with Crippen molar-refractivity contribution in [1.29, 1.82) is 0 Å². The number of hydrogen-bond acceptors (Lipinski definition) is 5. The molecule has 1 fully saturated rings. The summed E-state index contributed by atoms with van der Waals surface area (Å²) in [5.41, 5.74) is 1.66. The first-order valence-electron chi connectivity index (χ1n) is 7.88. The molecule has 0 spiro atoms. The average Bonchev–Trinajstić information content (AvgIpc) is 3.26. The van der Waals surface area contributed by atoms with Gasteiger partial charge in [0.25, 0.3) is 5.91 Å². The van der Waals surface area contributed by atoms with Crippen LogP contribution in [-0.2, 0) is 6.42 Å². The number of methoxy groups -OCH3 is 1. The van der Waals surface area contributed by atoms with Gasteiger partial charge >= 0.3 is 0 Å². The fourth-order valence-electron chi connectivity index (χ4n) is 2.64. The van der Waals surface area contributed by atoms with E-state index >= 15 is 0 Å². The smallest absolute Gasteiger partial charge is 0.251 e. The molecular formula is C17H21N3O2S. The van der Waals surface area contributed by atoms with E-state index in [0.29, 0.717) is 17.9 Å². The molecule has 1 N–H and O–H groups in total. The second-order valence-corrected chi connectivity index (χ2v) is 6.39. The van der Waals surface area contributed by atoms with Crippen LogP contribution in [0.5, 0.6) is 5.75 Å². The zero-order valence-electron chi connectivity index (χ0n) is 13.2. The maximum atomic E-state index is 12.1. The second-order valence-electron chi connectivity index (χ2n) is 5.55. The number of carbonyl (C=O) groups is 1. The molecule has 2 heterocycles. The van der Waals surface area contributed by atoms with Crippen LogP contribution < -0.4 is 15.0 Å². The van der Waals surface area contributed by atoms with Crippen LogP contribution in [0.25, 0.3) is 0 Å². The minimum atomic E-state index is -0.0844. The van der Waals surface area contributed by atoms with Gasteiger partial charge in [-0.05, 0) is 31.0 Å². The molecule has 6 heteroatoms. The number of aromatic nitrogens is 1. The molecule has 1 amide bonds. The Morgan fingerprint density at radius 2 is 2.22 bits per heavy atom. The van der Waals surface area contributed by atoms with E-state index < -0.39 is 0 Å². The molecule has 0 unspecified atom stereocenters. The van der Waals surface area contributed by atoms with Gasteiger partial charge in [-0.2, -0.15) is 0 Å². The Balaban J connectivity index is 1.49. The van der Waals surface area contributed by atoms with Gasteiger partial charge in [-0.3, -0.25) is 4.79 Å². The normalized spacial score (nSPS) is 14.0. The van der Waals surface area contributed by atoms with E-state index in [9.17, 15) is 4.79 Å². The summed E-state index contributed by atoms with van der Waals surface area (Å²) in [5.74, 6) is 0.603. The first-order valence-corrected chi connectivity index (χ1v) is 8.76. The fourth-order valence-corrected chi connectivity index (χ4v) is 3.55. The summed E-state index contributed by atoms with van der Waals surface area (Å²) in [6, 6.07) is 7.16. The predicted octanol–water partition coefficient (Wildman–Crippen LogP) is 2.72. The molecule has 2 aromatic rings. The van der Waals surface area contributed by atoms with Gasteiger partial charge in [0.05, 0.1) is 12.8 Å². The molecule has 0 radical (unpaired) electrons. The zero-order chi connectivity index (χ0) is 16.1. The van der Waals surface area contributed by atoms with Crippen molar-refractivity contribution in [3.63, 3.8) is 0 Å². The van der Waals surface area contributed by atoms with Crippen LogP contribution >= 0.6 is 11.3 Å². The van der Waals surface area contributed by atoms with E-state index in [1.54, 1.807) is 30.6 Å². The molecule has 1 aromatic carbocycles. The van der Waals surface area contributed by atoms with E-state index in [2.05, 4.69) is 20.6 Å². The van der Waals surface area contributed by atoms with Crippen LogP contribution in [0.4, 0.5) is 5.13 Å². The Morgan fingerprint density at radius 1 is 1.39 bits per heavy atom. The van der Waals surface area contributed by atoms with Gasteiger partial charge in [0.15, 0.2) is 5.13 Å². The maximum Gasteiger partial charge on any atom is 0.251 e. The lowest BCUT2D eigenvalue weighted by molar-refractivity contribution is 0.0953. The minimum Gasteiger partial charge on any atom is -0.497 e. The summed E-state index contributed by atoms with van der Waals surface area (Å²) in [6.07, 6.45) is 3.26. The Labute approximate surface area is 140 Å². The molecule has 5 nitrogen and oxygen atoms in total. The quantitative estimate of drug-likeness (QED) is 0.884. The summed E-state index contributed by atoms with van der Waals surface area (Å²) in [6.45, 7) is 2.80. The molecule has 1 aromatic heterocycles. The van der Waals surface area contributed by atoms with Crippen molar-refractivity contribution < 1.29 is 9.53 Å². The molecule has 0 atom stereocenters. The summed E-state index contributed by atoms with van der Waals surface area (Å²) in [4.78, 5) is 19.1. The topological polar surface area (TPSA) is 54.5 Å². The third kappa shape index (κ3) is 4.01. The van der Waals surface area contributed by atoms with Gasteiger partial charge in [0, 0.05) is 37.0 Å². The highest BCUT2D eigenvalue weighted by Gasteiger charge is 2.15. The van der Waals surface area contributed by atoms with Crippen molar-refractivity contribution in [2.75, 3.05) is 31.6 Å². The number of nitrogens with one attached hydrogen (secondary N) is 1. The summed E-state index contributed by atoms with van der Waals surface area (Å²) >= 11 is 1.69. The largest absolute Gasteiger partial charge is 0.497 e. The highest BCUT2D eigenvalue weighted by Crippen LogP contribution is 2.24. The van der Waals surface area contributed by atoms with Gasteiger partial charge in [0.2, 0.25) is 0 Å². The molecule has 1 saturated heterocycles. The zero-order valence-corrected chi connectivity index (χ0v) is 14.1. The van der Waals surface area contributed by atoms with E-state index in [1.165, 1.54) is 12.8 Å². The number of ether oxygens (including phenoxy) is 1. The molecule has 0 aliphatic carbocycles. The van der Waals surface area contributed by atoms with Crippen molar-refractivity contribution >= 4 is 22.4 Å². The lowest BCUT2D eigenvalue weighted by Gasteiger charge is -2.12. The standard InChI is InChI=1S/C17H21N3O2S/c1-22-15-6-4-5-13(11-15)16(21)18-8-7-14-12-23-17(19-14)20-9-2-3-10-20/h4-6,11-12H,2-3,7-10H2,1H3,(H,18,21). The summed E-state index contributed by atoms with van der Waals surface area (Å²) < 4.78 is 5.14. The molecule has 1 aliphatic heterocycles. The minimum absolute atomic E-state index is 0.0844. The lowest BCUT2D eigenvalue weighted by Crippen LogP contribution is -2.25. The molecule has 0 bridgehead atoms. The van der Waals surface area contributed by atoms with Crippen molar-refractivity contribution in [2.24, 2.45) is 0 Å². The average molecular weight is 331 g/mol. The van der Waals surface area contributed by atoms with Crippen molar-refractivity contribution in [3.05, 3.63) is 40.9 Å². The SMILES string of the molecule is COc1cccc(C(=O)NCCc2csc(N3CCCC3)n2)c1. The second kappa shape index (κ2) is 7.46. The van der Waals surface area contributed by atoms with Crippen LogP contribution in [0.1, 0.15) is 28.9 Å². The number of thiazole rings is 1. The Hall–Kier alpha value is -2.08. The van der Waals surface area contributed by atoms with Gasteiger partial charge in [-0.1, -0.05) is 6.07 Å². The van der Waals surface area contributed by atoms with E-state index in [4.69, 9.17) is 4.74 Å². The third-order valence-corrected chi connectivity index (χ3v) is 4.87. The van der Waals surface area contributed by atoms with Crippen LogP contribution in [0.15, 0.2) is 29.6 Å². The number of nitrogens with zero attached hydrogens (tertiary/aromatic N) is 2. The predicted molar refractivity (Wildman–Crippen MR) is 92.6 cm³/mol. The van der Waals surface area contributed by atoms with Gasteiger partial charge in [0.1, 0.15) is 5.75 Å². The van der Waals surface area contributed by atoms with Crippen molar-refractivity contribution in [1.82, 2.24) is 10.3 Å². The third-order valence-electron chi connectivity index (χ3n) is 3.91. The van der Waals surface area contributed by atoms with Gasteiger partial charge < -0.3 is 15.0 Å². The van der Waals surface area contributed by atoms with Gasteiger partial charge in [-0.25, -0.2) is 4.98 Å². The number of carbonyl (C=O) groups excluding carboxylic acids is 1. The van der Waals surface area contributed by atoms with Crippen LogP contribution in [0.2, 0.25) is 0 Å². The molecule has 0 saturated carbocycles. The number of hydrogen-bond donors (Lipinski definition) is 1. The maximum absolute atomic E-state index is 12.1. The number of anilines is 1. The summed E-state index contributed by atoms with van der Waals surface area (Å²) in [7, 11) is 1.59. The number of benzene rings is 1. The van der Waals surface area contributed by atoms with Crippen LogP contribution in [0.3, 0.4) is 0 Å². The summed E-state index contributed by atoms with van der Waals surface area (Å²) in [5, 5.41) is 6.13. The Kier molecular flexibility index (Phi) is 5.12. The van der Waals surface area contributed by atoms with Crippen LogP contribution in [-0.4, -0.2) is 37.6 Å². The molecule has 23 heavy (non-hydrogen) atoms. The van der Waals surface area contributed by atoms with E-state index in [1.807, 2.05) is 12.1 Å². The van der Waals surface area contributed by atoms with Gasteiger partial charge in [-0.15, -0.1) is 11.3 Å². The Morgan fingerprint density at radius 3 is 3.00 bits per heavy atom. The molecule has 3 rings (SSSR count). The molecular weight excluding hydrogens is 310 g/mol. The molecule has 1 aliphatic rings. The highest BCUT2D eigenvalue weighted by molar-refractivity contribution is 7.13. The number of rotatable bonds is 6. The first-order chi connectivity index (χ1) is 11.3. The van der Waals surface area contributed by atoms with Crippen molar-refractivity contribution in [3.8, 4) is 5.75 Å².